The van der Waals surface area contributed by atoms with Gasteiger partial charge in [-0.05, 0) is 65.9 Å². The topological polar surface area (TPSA) is 32.5 Å². The minimum absolute atomic E-state index is 0.205. The average Bonchev–Trinajstić information content (AvgIpc) is 2.34. The predicted molar refractivity (Wildman–Crippen MR) is 89.6 cm³/mol. The Kier molecular flexibility index (Phi) is 7.03. The minimum atomic E-state index is 0.205. The molecule has 0 bridgehead atoms. The maximum absolute atomic E-state index is 6.00. The quantitative estimate of drug-likeness (QED) is 0.793. The Hall–Kier alpha value is -1.06. The van der Waals surface area contributed by atoms with E-state index < -0.39 is 0 Å². The van der Waals surface area contributed by atoms with E-state index in [9.17, 15) is 0 Å². The maximum Gasteiger partial charge on any atom is 0.0399 e. The monoisotopic (exact) mass is 277 g/mol. The number of nitrogens with zero attached hydrogens (tertiary/aromatic N) is 2. The molecule has 1 aromatic rings. The van der Waals surface area contributed by atoms with Crippen molar-refractivity contribution in [3.05, 3.63) is 29.3 Å². The Morgan fingerprint density at radius 2 is 1.90 bits per heavy atom. The highest BCUT2D eigenvalue weighted by Gasteiger charge is 2.11. The maximum atomic E-state index is 6.00. The molecule has 0 saturated carbocycles. The van der Waals surface area contributed by atoms with Gasteiger partial charge in [0.25, 0.3) is 0 Å². The third-order valence-electron chi connectivity index (χ3n) is 3.53. The van der Waals surface area contributed by atoms with Gasteiger partial charge < -0.3 is 15.5 Å². The molecule has 0 amide bonds. The van der Waals surface area contributed by atoms with E-state index in [4.69, 9.17) is 5.73 Å². The van der Waals surface area contributed by atoms with E-state index in [2.05, 4.69) is 62.9 Å². The standard InChI is InChI=1S/C17H31N3/c1-6-20(11-7-10-19(4)5)17-9-8-14(2)12-16(17)13-15(3)18/h8-9,12,15H,6-7,10-11,13,18H2,1-5H3. The third kappa shape index (κ3) is 5.51. The summed E-state index contributed by atoms with van der Waals surface area (Å²) in [5.41, 5.74) is 10.1. The van der Waals surface area contributed by atoms with Crippen molar-refractivity contribution < 1.29 is 0 Å². The number of hydrogen-bond donors (Lipinski definition) is 1. The minimum Gasteiger partial charge on any atom is -0.372 e. The summed E-state index contributed by atoms with van der Waals surface area (Å²) in [7, 11) is 4.26. The molecule has 1 unspecified atom stereocenters. The van der Waals surface area contributed by atoms with E-state index in [0.29, 0.717) is 0 Å². The molecule has 0 heterocycles. The molecule has 20 heavy (non-hydrogen) atoms. The van der Waals surface area contributed by atoms with Crippen molar-refractivity contribution in [2.45, 2.75) is 39.7 Å². The molecule has 0 aliphatic rings. The van der Waals surface area contributed by atoms with Gasteiger partial charge in [0.2, 0.25) is 0 Å². The van der Waals surface area contributed by atoms with Crippen molar-refractivity contribution in [3.8, 4) is 0 Å². The predicted octanol–water partition coefficient (Wildman–Crippen LogP) is 2.66. The lowest BCUT2D eigenvalue weighted by atomic mass is 10.0. The Bertz CT molecular complexity index is 399. The fraction of sp³-hybridized carbons (Fsp3) is 0.647. The van der Waals surface area contributed by atoms with Gasteiger partial charge in [-0.25, -0.2) is 0 Å². The summed E-state index contributed by atoms with van der Waals surface area (Å²) in [4.78, 5) is 4.71. The van der Waals surface area contributed by atoms with Crippen molar-refractivity contribution in [1.82, 2.24) is 4.90 Å². The molecular formula is C17H31N3. The van der Waals surface area contributed by atoms with Crippen LogP contribution in [0.25, 0.3) is 0 Å². The van der Waals surface area contributed by atoms with Crippen LogP contribution in [0.4, 0.5) is 5.69 Å². The van der Waals surface area contributed by atoms with Crippen LogP contribution >= 0.6 is 0 Å². The molecule has 0 fully saturated rings. The lowest BCUT2D eigenvalue weighted by Crippen LogP contribution is -2.29. The van der Waals surface area contributed by atoms with Gasteiger partial charge in [-0.1, -0.05) is 17.7 Å². The molecule has 2 N–H and O–H groups in total. The van der Waals surface area contributed by atoms with Gasteiger partial charge >= 0.3 is 0 Å². The first kappa shape index (κ1) is 17.0. The average molecular weight is 277 g/mol. The van der Waals surface area contributed by atoms with E-state index in [0.717, 1.165) is 26.1 Å². The first-order chi connectivity index (χ1) is 9.43. The van der Waals surface area contributed by atoms with Crippen LogP contribution < -0.4 is 10.6 Å². The number of aryl methyl sites for hydroxylation is 1. The number of hydrogen-bond acceptors (Lipinski definition) is 3. The molecule has 1 aromatic carbocycles. The second-order valence-electron chi connectivity index (χ2n) is 6.05. The molecule has 0 aliphatic heterocycles. The Morgan fingerprint density at radius 1 is 1.20 bits per heavy atom. The fourth-order valence-corrected chi connectivity index (χ4v) is 2.56. The molecule has 0 aromatic heterocycles. The second-order valence-corrected chi connectivity index (χ2v) is 6.05. The molecule has 1 atom stereocenters. The molecule has 0 radical (unpaired) electrons. The SMILES string of the molecule is CCN(CCCN(C)C)c1ccc(C)cc1CC(C)N. The third-order valence-corrected chi connectivity index (χ3v) is 3.53. The first-order valence-corrected chi connectivity index (χ1v) is 7.68. The summed E-state index contributed by atoms with van der Waals surface area (Å²) in [5.74, 6) is 0. The Balaban J connectivity index is 2.84. The van der Waals surface area contributed by atoms with Gasteiger partial charge in [-0.3, -0.25) is 0 Å². The van der Waals surface area contributed by atoms with Crippen molar-refractivity contribution in [2.24, 2.45) is 5.73 Å². The number of nitrogens with two attached hydrogens (primary N) is 1. The highest BCUT2D eigenvalue weighted by molar-refractivity contribution is 5.55. The van der Waals surface area contributed by atoms with E-state index >= 15 is 0 Å². The van der Waals surface area contributed by atoms with Gasteiger partial charge in [0, 0.05) is 24.8 Å². The Morgan fingerprint density at radius 3 is 2.45 bits per heavy atom. The largest absolute Gasteiger partial charge is 0.372 e. The van der Waals surface area contributed by atoms with Gasteiger partial charge in [-0.2, -0.15) is 0 Å². The molecule has 0 saturated heterocycles. The van der Waals surface area contributed by atoms with Gasteiger partial charge in [0.05, 0.1) is 0 Å². The second kappa shape index (κ2) is 8.28. The molecule has 3 nitrogen and oxygen atoms in total. The van der Waals surface area contributed by atoms with Crippen molar-refractivity contribution in [3.63, 3.8) is 0 Å². The summed E-state index contributed by atoms with van der Waals surface area (Å²) in [6.07, 6.45) is 2.13. The highest BCUT2D eigenvalue weighted by atomic mass is 15.1. The van der Waals surface area contributed by atoms with Crippen LogP contribution in [0.15, 0.2) is 18.2 Å². The molecular weight excluding hydrogens is 246 g/mol. The van der Waals surface area contributed by atoms with Crippen molar-refractivity contribution in [2.75, 3.05) is 38.6 Å². The summed E-state index contributed by atoms with van der Waals surface area (Å²) in [5, 5.41) is 0. The van der Waals surface area contributed by atoms with Crippen molar-refractivity contribution in [1.29, 1.82) is 0 Å². The molecule has 1 rings (SSSR count). The van der Waals surface area contributed by atoms with Crippen LogP contribution in [0.5, 0.6) is 0 Å². The van der Waals surface area contributed by atoms with Crippen LogP contribution in [0.2, 0.25) is 0 Å². The van der Waals surface area contributed by atoms with Crippen LogP contribution in [0.1, 0.15) is 31.4 Å². The van der Waals surface area contributed by atoms with E-state index in [1.165, 1.54) is 23.2 Å². The molecule has 3 heteroatoms. The number of anilines is 1. The van der Waals surface area contributed by atoms with Crippen LogP contribution in [-0.4, -0.2) is 44.7 Å². The van der Waals surface area contributed by atoms with Crippen LogP contribution in [-0.2, 0) is 6.42 Å². The Labute approximate surface area is 124 Å². The fourth-order valence-electron chi connectivity index (χ4n) is 2.56. The highest BCUT2D eigenvalue weighted by Crippen LogP contribution is 2.23. The molecule has 0 aliphatic carbocycles. The van der Waals surface area contributed by atoms with E-state index in [1.807, 2.05) is 0 Å². The van der Waals surface area contributed by atoms with Crippen LogP contribution in [0, 0.1) is 6.92 Å². The summed E-state index contributed by atoms with van der Waals surface area (Å²) in [6.45, 7) is 9.73. The zero-order chi connectivity index (χ0) is 15.1. The lowest BCUT2D eigenvalue weighted by Gasteiger charge is -2.27. The summed E-state index contributed by atoms with van der Waals surface area (Å²) >= 11 is 0. The number of benzene rings is 1. The van der Waals surface area contributed by atoms with Crippen molar-refractivity contribution >= 4 is 5.69 Å². The number of rotatable bonds is 8. The lowest BCUT2D eigenvalue weighted by molar-refractivity contribution is 0.400. The summed E-state index contributed by atoms with van der Waals surface area (Å²) in [6, 6.07) is 6.95. The first-order valence-electron chi connectivity index (χ1n) is 7.68. The van der Waals surface area contributed by atoms with E-state index in [-0.39, 0.29) is 6.04 Å². The normalized spacial score (nSPS) is 12.8. The van der Waals surface area contributed by atoms with Gasteiger partial charge in [0.1, 0.15) is 0 Å². The smallest absolute Gasteiger partial charge is 0.0399 e. The zero-order valence-electron chi connectivity index (χ0n) is 13.8. The summed E-state index contributed by atoms with van der Waals surface area (Å²) < 4.78 is 0. The van der Waals surface area contributed by atoms with Crippen LogP contribution in [0.3, 0.4) is 0 Å². The van der Waals surface area contributed by atoms with Gasteiger partial charge in [0.15, 0.2) is 0 Å². The zero-order valence-corrected chi connectivity index (χ0v) is 13.8. The molecule has 114 valence electrons. The van der Waals surface area contributed by atoms with Gasteiger partial charge in [-0.15, -0.1) is 0 Å². The van der Waals surface area contributed by atoms with E-state index in [1.54, 1.807) is 0 Å². The molecule has 0 spiro atoms.